The summed E-state index contributed by atoms with van der Waals surface area (Å²) in [6.07, 6.45) is 0. The molecule has 0 unspecified atom stereocenters. The van der Waals surface area contributed by atoms with Crippen molar-refractivity contribution in [1.82, 2.24) is 4.37 Å². The Morgan fingerprint density at radius 3 is 2.63 bits per heavy atom. The van der Waals surface area contributed by atoms with E-state index in [4.69, 9.17) is 5.11 Å². The van der Waals surface area contributed by atoms with Gasteiger partial charge in [0.25, 0.3) is 0 Å². The number of aromatic carboxylic acids is 1. The van der Waals surface area contributed by atoms with E-state index in [1.807, 2.05) is 0 Å². The van der Waals surface area contributed by atoms with Crippen LogP contribution in [0.2, 0.25) is 0 Å². The monoisotopic (exact) mass is 288 g/mol. The van der Waals surface area contributed by atoms with Crippen molar-refractivity contribution in [2.24, 2.45) is 0 Å². The molecule has 0 amide bonds. The van der Waals surface area contributed by atoms with Gasteiger partial charge < -0.3 is 10.4 Å². The molecule has 0 aliphatic carbocycles. The molecule has 1 heterocycles. The number of hydrogen-bond acceptors (Lipinski definition) is 4. The van der Waals surface area contributed by atoms with Crippen LogP contribution in [0.3, 0.4) is 0 Å². The van der Waals surface area contributed by atoms with Gasteiger partial charge in [0.05, 0.1) is 11.4 Å². The zero-order chi connectivity index (χ0) is 14.2. The minimum Gasteiger partial charge on any atom is -0.478 e. The predicted octanol–water partition coefficient (Wildman–Crippen LogP) is 3.31. The average molecular weight is 288 g/mol. The van der Waals surface area contributed by atoms with Crippen molar-refractivity contribution in [1.29, 1.82) is 0 Å². The third-order valence-electron chi connectivity index (χ3n) is 2.36. The molecule has 1 aromatic heterocycles. The summed E-state index contributed by atoms with van der Waals surface area (Å²) in [4.78, 5) is 11.0. The Morgan fingerprint density at radius 1 is 1.32 bits per heavy atom. The number of anilines is 2. The molecule has 0 saturated heterocycles. The van der Waals surface area contributed by atoms with E-state index in [1.165, 1.54) is 6.92 Å². The van der Waals surface area contributed by atoms with Crippen LogP contribution in [0.1, 0.15) is 16.1 Å². The Morgan fingerprint density at radius 2 is 2.00 bits per heavy atom. The zero-order valence-corrected chi connectivity index (χ0v) is 10.3. The molecule has 100 valence electrons. The lowest BCUT2D eigenvalue weighted by atomic mass is 10.2. The molecule has 2 aromatic rings. The van der Waals surface area contributed by atoms with Crippen LogP contribution in [0.25, 0.3) is 0 Å². The third kappa shape index (κ3) is 2.39. The summed E-state index contributed by atoms with van der Waals surface area (Å²) in [5.41, 5.74) is -0.234. The number of halogens is 3. The van der Waals surface area contributed by atoms with Crippen molar-refractivity contribution in [3.05, 3.63) is 40.8 Å². The Bertz CT molecular complexity index is 658. The number of nitrogens with one attached hydrogen (secondary N) is 1. The van der Waals surface area contributed by atoms with Gasteiger partial charge in [-0.05, 0) is 30.6 Å². The number of carbonyl (C=O) groups is 1. The van der Waals surface area contributed by atoms with Gasteiger partial charge in [0.1, 0.15) is 10.6 Å². The van der Waals surface area contributed by atoms with Crippen molar-refractivity contribution >= 4 is 28.2 Å². The number of rotatable bonds is 3. The molecule has 0 spiro atoms. The molecule has 0 bridgehead atoms. The van der Waals surface area contributed by atoms with E-state index in [0.717, 1.165) is 23.7 Å². The molecular weight excluding hydrogens is 281 g/mol. The second-order valence-corrected chi connectivity index (χ2v) is 4.40. The van der Waals surface area contributed by atoms with Crippen LogP contribution in [0.5, 0.6) is 0 Å². The number of carboxylic acid groups (broad SMARTS) is 1. The maximum Gasteiger partial charge on any atom is 0.340 e. The van der Waals surface area contributed by atoms with E-state index < -0.39 is 23.4 Å². The number of benzene rings is 1. The minimum atomic E-state index is -1.62. The predicted molar refractivity (Wildman–Crippen MR) is 63.4 cm³/mol. The highest BCUT2D eigenvalue weighted by Gasteiger charge is 2.20. The topological polar surface area (TPSA) is 62.2 Å². The number of hydrogen-bond donors (Lipinski definition) is 2. The van der Waals surface area contributed by atoms with Crippen molar-refractivity contribution in [3.8, 4) is 0 Å². The van der Waals surface area contributed by atoms with Gasteiger partial charge >= 0.3 is 5.97 Å². The number of carboxylic acids is 1. The normalized spacial score (nSPS) is 10.5. The molecule has 1 aromatic carbocycles. The number of nitrogens with zero attached hydrogens (tertiary/aromatic N) is 1. The molecule has 0 saturated carbocycles. The summed E-state index contributed by atoms with van der Waals surface area (Å²) < 4.78 is 43.1. The standard InChI is InChI=1S/C11H7F3N2O2S/c1-4-7(11(17)18)10(19-16-4)15-6-3-2-5(12)8(13)9(6)14/h2-3,15H,1H3,(H,17,18). The van der Waals surface area contributed by atoms with Crippen molar-refractivity contribution < 1.29 is 23.1 Å². The Hall–Kier alpha value is -2.09. The van der Waals surface area contributed by atoms with E-state index in [1.54, 1.807) is 0 Å². The van der Waals surface area contributed by atoms with Gasteiger partial charge in [0.15, 0.2) is 17.5 Å². The van der Waals surface area contributed by atoms with Crippen LogP contribution in [0.15, 0.2) is 12.1 Å². The SMILES string of the molecule is Cc1nsc(Nc2ccc(F)c(F)c2F)c1C(=O)O. The average Bonchev–Trinajstić information content (AvgIpc) is 2.71. The lowest BCUT2D eigenvalue weighted by molar-refractivity contribution is 0.0697. The first kappa shape index (κ1) is 13.3. The summed E-state index contributed by atoms with van der Waals surface area (Å²) in [5, 5.41) is 11.4. The van der Waals surface area contributed by atoms with Crippen molar-refractivity contribution in [2.75, 3.05) is 5.32 Å². The first-order valence-electron chi connectivity index (χ1n) is 5.02. The molecule has 0 atom stereocenters. The van der Waals surface area contributed by atoms with Crippen LogP contribution in [-0.2, 0) is 0 Å². The van der Waals surface area contributed by atoms with Crippen LogP contribution < -0.4 is 5.32 Å². The zero-order valence-electron chi connectivity index (χ0n) is 9.50. The van der Waals surface area contributed by atoms with Crippen molar-refractivity contribution in [2.45, 2.75) is 6.92 Å². The summed E-state index contributed by atoms with van der Waals surface area (Å²) in [6.45, 7) is 1.48. The smallest absolute Gasteiger partial charge is 0.340 e. The number of aryl methyl sites for hydroxylation is 1. The lowest BCUT2D eigenvalue weighted by Gasteiger charge is -2.07. The number of aromatic nitrogens is 1. The second kappa shape index (κ2) is 4.88. The highest BCUT2D eigenvalue weighted by Crippen LogP contribution is 2.30. The fourth-order valence-electron chi connectivity index (χ4n) is 1.45. The molecule has 0 aliphatic heterocycles. The molecule has 0 radical (unpaired) electrons. The molecule has 2 rings (SSSR count). The fraction of sp³-hybridized carbons (Fsp3) is 0.0909. The van der Waals surface area contributed by atoms with Crippen LogP contribution in [-0.4, -0.2) is 15.4 Å². The van der Waals surface area contributed by atoms with E-state index >= 15 is 0 Å². The summed E-state index contributed by atoms with van der Waals surface area (Å²) in [7, 11) is 0. The van der Waals surface area contributed by atoms with Gasteiger partial charge in [-0.1, -0.05) is 0 Å². The molecule has 2 N–H and O–H groups in total. The Labute approximate surface area is 109 Å². The molecule has 0 aliphatic rings. The van der Waals surface area contributed by atoms with E-state index in [0.29, 0.717) is 0 Å². The first-order chi connectivity index (χ1) is 8.91. The minimum absolute atomic E-state index is 0.0508. The highest BCUT2D eigenvalue weighted by molar-refractivity contribution is 7.10. The summed E-state index contributed by atoms with van der Waals surface area (Å²) in [6, 6.07) is 1.73. The van der Waals surface area contributed by atoms with E-state index in [-0.39, 0.29) is 21.9 Å². The van der Waals surface area contributed by atoms with E-state index in [9.17, 15) is 18.0 Å². The van der Waals surface area contributed by atoms with Gasteiger partial charge in [-0.3, -0.25) is 0 Å². The summed E-state index contributed by atoms with van der Waals surface area (Å²) >= 11 is 0.793. The maximum atomic E-state index is 13.4. The quantitative estimate of drug-likeness (QED) is 0.851. The van der Waals surface area contributed by atoms with Crippen molar-refractivity contribution in [3.63, 3.8) is 0 Å². The molecule has 0 fully saturated rings. The maximum absolute atomic E-state index is 13.4. The molecular formula is C11H7F3N2O2S. The van der Waals surface area contributed by atoms with Gasteiger partial charge in [0.2, 0.25) is 0 Å². The second-order valence-electron chi connectivity index (χ2n) is 3.63. The van der Waals surface area contributed by atoms with Gasteiger partial charge in [-0.25, -0.2) is 18.0 Å². The summed E-state index contributed by atoms with van der Waals surface area (Å²) in [5.74, 6) is -5.59. The first-order valence-corrected chi connectivity index (χ1v) is 5.79. The van der Waals surface area contributed by atoms with Gasteiger partial charge in [-0.15, -0.1) is 0 Å². The van der Waals surface area contributed by atoms with Crippen LogP contribution in [0, 0.1) is 24.4 Å². The highest BCUT2D eigenvalue weighted by atomic mass is 32.1. The van der Waals surface area contributed by atoms with Crippen LogP contribution >= 0.6 is 11.5 Å². The van der Waals surface area contributed by atoms with Gasteiger partial charge in [-0.2, -0.15) is 4.37 Å². The van der Waals surface area contributed by atoms with E-state index in [2.05, 4.69) is 9.69 Å². The molecule has 4 nitrogen and oxygen atoms in total. The fourth-order valence-corrected chi connectivity index (χ4v) is 2.25. The van der Waals surface area contributed by atoms with Gasteiger partial charge in [0, 0.05) is 0 Å². The third-order valence-corrected chi connectivity index (χ3v) is 3.21. The van der Waals surface area contributed by atoms with Crippen LogP contribution in [0.4, 0.5) is 23.9 Å². The molecule has 19 heavy (non-hydrogen) atoms. The largest absolute Gasteiger partial charge is 0.478 e. The molecule has 8 heteroatoms. The Kier molecular flexibility index (Phi) is 3.43. The lowest BCUT2D eigenvalue weighted by Crippen LogP contribution is -2.03. The Balaban J connectivity index is 2.43.